The van der Waals surface area contributed by atoms with Crippen LogP contribution in [0.15, 0.2) is 28.8 Å². The van der Waals surface area contributed by atoms with Gasteiger partial charge in [0.25, 0.3) is 5.91 Å². The molecule has 1 aliphatic heterocycles. The summed E-state index contributed by atoms with van der Waals surface area (Å²) < 4.78 is 10.6. The maximum Gasteiger partial charge on any atom is 0.274 e. The molecule has 0 radical (unpaired) electrons. The van der Waals surface area contributed by atoms with Gasteiger partial charge in [-0.3, -0.25) is 9.69 Å². The number of benzene rings is 1. The predicted octanol–water partition coefficient (Wildman–Crippen LogP) is 2.05. The number of nitrogens with zero attached hydrogens (tertiary/aromatic N) is 2. The van der Waals surface area contributed by atoms with E-state index in [0.717, 1.165) is 37.4 Å². The monoisotopic (exact) mass is 329 g/mol. The Labute approximate surface area is 141 Å². The minimum atomic E-state index is -0.198. The molecule has 24 heavy (non-hydrogen) atoms. The molecule has 1 fully saturated rings. The van der Waals surface area contributed by atoms with Gasteiger partial charge in [0, 0.05) is 31.7 Å². The van der Waals surface area contributed by atoms with Gasteiger partial charge in [0.1, 0.15) is 5.76 Å². The van der Waals surface area contributed by atoms with E-state index in [4.69, 9.17) is 9.26 Å². The van der Waals surface area contributed by atoms with Crippen LogP contribution in [0.1, 0.15) is 32.9 Å². The van der Waals surface area contributed by atoms with Gasteiger partial charge in [-0.15, -0.1) is 0 Å². The van der Waals surface area contributed by atoms with Crippen LogP contribution < -0.4 is 5.32 Å². The summed E-state index contributed by atoms with van der Waals surface area (Å²) in [7, 11) is 0. The molecule has 0 aliphatic carbocycles. The van der Waals surface area contributed by atoms with Crippen molar-refractivity contribution in [2.45, 2.75) is 26.9 Å². The molecule has 6 nitrogen and oxygen atoms in total. The number of hydrogen-bond donors (Lipinski definition) is 1. The summed E-state index contributed by atoms with van der Waals surface area (Å²) >= 11 is 0. The van der Waals surface area contributed by atoms with Crippen molar-refractivity contribution in [3.8, 4) is 0 Å². The van der Waals surface area contributed by atoms with E-state index >= 15 is 0 Å². The fourth-order valence-electron chi connectivity index (χ4n) is 2.83. The standard InChI is InChI=1S/C18H23N3O3/c1-13-4-3-5-15(10-13)11-19-18(22)17-16(14(2)24-20-17)12-21-6-8-23-9-7-21/h3-5,10H,6-9,11-12H2,1-2H3,(H,19,22). The summed E-state index contributed by atoms with van der Waals surface area (Å²) in [4.78, 5) is 14.8. The average molecular weight is 329 g/mol. The van der Waals surface area contributed by atoms with E-state index in [0.29, 0.717) is 24.5 Å². The van der Waals surface area contributed by atoms with Crippen molar-refractivity contribution in [2.75, 3.05) is 26.3 Å². The van der Waals surface area contributed by atoms with Gasteiger partial charge < -0.3 is 14.6 Å². The molecular formula is C18H23N3O3. The van der Waals surface area contributed by atoms with Crippen LogP contribution in [0, 0.1) is 13.8 Å². The quantitative estimate of drug-likeness (QED) is 0.909. The minimum Gasteiger partial charge on any atom is -0.379 e. The molecule has 1 aromatic heterocycles. The molecule has 1 aromatic carbocycles. The highest BCUT2D eigenvalue weighted by molar-refractivity contribution is 5.93. The van der Waals surface area contributed by atoms with Crippen LogP contribution in [0.2, 0.25) is 0 Å². The number of ether oxygens (including phenoxy) is 1. The molecule has 2 aromatic rings. The molecule has 1 saturated heterocycles. The molecule has 1 N–H and O–H groups in total. The van der Waals surface area contributed by atoms with E-state index in [9.17, 15) is 4.79 Å². The van der Waals surface area contributed by atoms with Crippen LogP contribution in [0.5, 0.6) is 0 Å². The Morgan fingerprint density at radius 2 is 2.08 bits per heavy atom. The van der Waals surface area contributed by atoms with Crippen LogP contribution in [0.25, 0.3) is 0 Å². The number of hydrogen-bond acceptors (Lipinski definition) is 5. The first kappa shape index (κ1) is 16.7. The fraction of sp³-hybridized carbons (Fsp3) is 0.444. The van der Waals surface area contributed by atoms with Gasteiger partial charge >= 0.3 is 0 Å². The van der Waals surface area contributed by atoms with E-state index in [2.05, 4.69) is 21.4 Å². The van der Waals surface area contributed by atoms with Crippen LogP contribution >= 0.6 is 0 Å². The summed E-state index contributed by atoms with van der Waals surface area (Å²) in [5, 5.41) is 6.89. The first-order chi connectivity index (χ1) is 11.6. The number of carbonyl (C=O) groups is 1. The van der Waals surface area contributed by atoms with Crippen molar-refractivity contribution < 1.29 is 14.1 Å². The fourth-order valence-corrected chi connectivity index (χ4v) is 2.83. The number of rotatable bonds is 5. The normalized spacial score (nSPS) is 15.4. The Bertz CT molecular complexity index is 705. The summed E-state index contributed by atoms with van der Waals surface area (Å²) in [6.45, 7) is 8.17. The Kier molecular flexibility index (Phi) is 5.27. The highest BCUT2D eigenvalue weighted by atomic mass is 16.5. The molecule has 0 spiro atoms. The third-order valence-electron chi connectivity index (χ3n) is 4.22. The van der Waals surface area contributed by atoms with E-state index in [1.165, 1.54) is 5.56 Å². The van der Waals surface area contributed by atoms with E-state index in [1.54, 1.807) is 0 Å². The lowest BCUT2D eigenvalue weighted by molar-refractivity contribution is 0.0339. The molecule has 0 unspecified atom stereocenters. The summed E-state index contributed by atoms with van der Waals surface area (Å²) in [5.41, 5.74) is 3.48. The zero-order chi connectivity index (χ0) is 16.9. The predicted molar refractivity (Wildman–Crippen MR) is 89.7 cm³/mol. The second kappa shape index (κ2) is 7.59. The van der Waals surface area contributed by atoms with Gasteiger partial charge in [0.15, 0.2) is 5.69 Å². The number of aromatic nitrogens is 1. The lowest BCUT2D eigenvalue weighted by Gasteiger charge is -2.26. The van der Waals surface area contributed by atoms with Crippen LogP contribution in [0.3, 0.4) is 0 Å². The Morgan fingerprint density at radius 1 is 1.29 bits per heavy atom. The SMILES string of the molecule is Cc1cccc(CNC(=O)c2noc(C)c2CN2CCOCC2)c1. The van der Waals surface area contributed by atoms with Crippen molar-refractivity contribution in [2.24, 2.45) is 0 Å². The molecule has 0 bridgehead atoms. The van der Waals surface area contributed by atoms with Gasteiger partial charge in [-0.05, 0) is 19.4 Å². The lowest BCUT2D eigenvalue weighted by atomic mass is 10.1. The molecular weight excluding hydrogens is 306 g/mol. The Morgan fingerprint density at radius 3 is 2.83 bits per heavy atom. The van der Waals surface area contributed by atoms with Gasteiger partial charge in [0.2, 0.25) is 0 Å². The molecule has 1 aliphatic rings. The molecule has 2 heterocycles. The van der Waals surface area contributed by atoms with Crippen molar-refractivity contribution in [3.63, 3.8) is 0 Å². The van der Waals surface area contributed by atoms with Crippen molar-refractivity contribution >= 4 is 5.91 Å². The van der Waals surface area contributed by atoms with Crippen molar-refractivity contribution in [3.05, 3.63) is 52.4 Å². The molecule has 1 amide bonds. The van der Waals surface area contributed by atoms with Crippen LogP contribution in [-0.4, -0.2) is 42.3 Å². The first-order valence-corrected chi connectivity index (χ1v) is 8.22. The number of nitrogens with one attached hydrogen (secondary N) is 1. The van der Waals surface area contributed by atoms with Crippen LogP contribution in [-0.2, 0) is 17.8 Å². The second-order valence-corrected chi connectivity index (χ2v) is 6.13. The summed E-state index contributed by atoms with van der Waals surface area (Å²) in [5.74, 6) is 0.499. The number of carbonyl (C=O) groups excluding carboxylic acids is 1. The zero-order valence-corrected chi connectivity index (χ0v) is 14.2. The third-order valence-corrected chi connectivity index (χ3v) is 4.22. The molecule has 0 saturated carbocycles. The number of aryl methyl sites for hydroxylation is 2. The summed E-state index contributed by atoms with van der Waals surface area (Å²) in [6.07, 6.45) is 0. The smallest absolute Gasteiger partial charge is 0.274 e. The second-order valence-electron chi connectivity index (χ2n) is 6.13. The summed E-state index contributed by atoms with van der Waals surface area (Å²) in [6, 6.07) is 8.08. The van der Waals surface area contributed by atoms with Gasteiger partial charge in [-0.25, -0.2) is 0 Å². The lowest BCUT2D eigenvalue weighted by Crippen LogP contribution is -2.36. The molecule has 3 rings (SSSR count). The van der Waals surface area contributed by atoms with Crippen molar-refractivity contribution in [1.29, 1.82) is 0 Å². The van der Waals surface area contributed by atoms with E-state index in [1.807, 2.05) is 32.0 Å². The zero-order valence-electron chi connectivity index (χ0n) is 14.2. The highest BCUT2D eigenvalue weighted by Crippen LogP contribution is 2.17. The van der Waals surface area contributed by atoms with Gasteiger partial charge in [-0.2, -0.15) is 0 Å². The first-order valence-electron chi connectivity index (χ1n) is 8.22. The van der Waals surface area contributed by atoms with Crippen LogP contribution in [0.4, 0.5) is 0 Å². The van der Waals surface area contributed by atoms with Crippen molar-refractivity contribution in [1.82, 2.24) is 15.4 Å². The van der Waals surface area contributed by atoms with Gasteiger partial charge in [-0.1, -0.05) is 35.0 Å². The largest absolute Gasteiger partial charge is 0.379 e. The Hall–Kier alpha value is -2.18. The molecule has 6 heteroatoms. The average Bonchev–Trinajstić information content (AvgIpc) is 2.95. The topological polar surface area (TPSA) is 67.6 Å². The molecule has 128 valence electrons. The van der Waals surface area contributed by atoms with E-state index in [-0.39, 0.29) is 5.91 Å². The maximum atomic E-state index is 12.5. The number of amides is 1. The minimum absolute atomic E-state index is 0.198. The highest BCUT2D eigenvalue weighted by Gasteiger charge is 2.22. The third kappa shape index (κ3) is 4.01. The van der Waals surface area contributed by atoms with Gasteiger partial charge in [0.05, 0.1) is 13.2 Å². The molecule has 0 atom stereocenters. The Balaban J connectivity index is 1.66. The number of morpholine rings is 1. The maximum absolute atomic E-state index is 12.5. The van der Waals surface area contributed by atoms with E-state index < -0.39 is 0 Å².